The SMILES string of the molecule is C[SiH](C)CCOCn1nccc1-c1ccc(Oc2ccc3nc(CN4CC5CN(C(=O)OC(C)(C)C)CC5C4)ccc3c2)nc1. The van der Waals surface area contributed by atoms with Gasteiger partial charge in [0.1, 0.15) is 18.1 Å². The summed E-state index contributed by atoms with van der Waals surface area (Å²) in [4.78, 5) is 26.3. The number of nitrogens with zero attached hydrogens (tertiary/aromatic N) is 6. The molecule has 4 aromatic rings. The molecule has 0 N–H and O–H groups in total. The summed E-state index contributed by atoms with van der Waals surface area (Å²) in [6.07, 6.45) is 3.39. The molecule has 0 bridgehead atoms. The van der Waals surface area contributed by atoms with Crippen LogP contribution in [0.15, 0.2) is 60.9 Å². The van der Waals surface area contributed by atoms with Gasteiger partial charge in [-0.15, -0.1) is 0 Å². The molecule has 2 aliphatic rings. The number of carbonyl (C=O) groups is 1. The maximum Gasteiger partial charge on any atom is 0.410 e. The smallest absolute Gasteiger partial charge is 0.410 e. The molecule has 2 saturated heterocycles. The van der Waals surface area contributed by atoms with E-state index < -0.39 is 14.4 Å². The van der Waals surface area contributed by atoms with Crippen molar-refractivity contribution in [3.63, 3.8) is 0 Å². The number of amides is 1. The zero-order valence-corrected chi connectivity index (χ0v) is 28.1. The summed E-state index contributed by atoms with van der Waals surface area (Å²) in [5.74, 6) is 2.21. The van der Waals surface area contributed by atoms with Crippen molar-refractivity contribution in [1.29, 1.82) is 0 Å². The third-order valence-corrected chi connectivity index (χ3v) is 9.73. The Bertz CT molecular complexity index is 1610. The van der Waals surface area contributed by atoms with Gasteiger partial charge in [-0.2, -0.15) is 5.10 Å². The highest BCUT2D eigenvalue weighted by Crippen LogP contribution is 2.33. The largest absolute Gasteiger partial charge is 0.444 e. The van der Waals surface area contributed by atoms with E-state index in [1.165, 1.54) is 0 Å². The molecule has 0 aliphatic carbocycles. The van der Waals surface area contributed by atoms with E-state index in [2.05, 4.69) is 40.2 Å². The Labute approximate surface area is 266 Å². The highest BCUT2D eigenvalue weighted by Gasteiger charge is 2.42. The van der Waals surface area contributed by atoms with Crippen LogP contribution in [0.25, 0.3) is 22.2 Å². The number of benzene rings is 1. The fraction of sp³-hybridized carbons (Fsp3) is 0.471. The van der Waals surface area contributed by atoms with Gasteiger partial charge in [0, 0.05) is 77.5 Å². The normalized spacial score (nSPS) is 18.6. The van der Waals surface area contributed by atoms with Crippen LogP contribution in [0.5, 0.6) is 11.6 Å². The Morgan fingerprint density at radius 3 is 2.51 bits per heavy atom. The van der Waals surface area contributed by atoms with Crippen molar-refractivity contribution in [1.82, 2.24) is 29.5 Å². The van der Waals surface area contributed by atoms with E-state index in [4.69, 9.17) is 19.2 Å². The number of ether oxygens (including phenoxy) is 3. The molecule has 1 aromatic carbocycles. The highest BCUT2D eigenvalue weighted by atomic mass is 28.3. The monoisotopic (exact) mass is 628 g/mol. The first kappa shape index (κ1) is 31.2. The van der Waals surface area contributed by atoms with Crippen LogP contribution in [0.3, 0.4) is 0 Å². The molecule has 10 nitrogen and oxygen atoms in total. The van der Waals surface area contributed by atoms with Gasteiger partial charge in [-0.3, -0.25) is 9.88 Å². The van der Waals surface area contributed by atoms with E-state index in [-0.39, 0.29) is 6.09 Å². The van der Waals surface area contributed by atoms with Crippen molar-refractivity contribution < 1.29 is 19.0 Å². The summed E-state index contributed by atoms with van der Waals surface area (Å²) >= 11 is 0. The van der Waals surface area contributed by atoms with E-state index in [1.807, 2.05) is 66.8 Å². The molecule has 0 radical (unpaired) electrons. The lowest BCUT2D eigenvalue weighted by atomic mass is 10.0. The summed E-state index contributed by atoms with van der Waals surface area (Å²) in [6.45, 7) is 15.9. The Kier molecular flexibility index (Phi) is 9.20. The molecule has 1 amide bonds. The Morgan fingerprint density at radius 1 is 1.00 bits per heavy atom. The molecule has 5 heterocycles. The number of pyridine rings is 2. The quantitative estimate of drug-likeness (QED) is 0.155. The summed E-state index contributed by atoms with van der Waals surface area (Å²) in [5, 5.41) is 5.43. The van der Waals surface area contributed by atoms with Crippen molar-refractivity contribution in [2.24, 2.45) is 11.8 Å². The lowest BCUT2D eigenvalue weighted by Gasteiger charge is -2.26. The van der Waals surface area contributed by atoms with Gasteiger partial charge in [-0.25, -0.2) is 14.5 Å². The van der Waals surface area contributed by atoms with Crippen molar-refractivity contribution in [3.05, 3.63) is 66.6 Å². The Hall–Kier alpha value is -3.80. The highest BCUT2D eigenvalue weighted by molar-refractivity contribution is 6.55. The van der Waals surface area contributed by atoms with Crippen molar-refractivity contribution in [2.75, 3.05) is 32.8 Å². The molecule has 0 spiro atoms. The molecule has 0 saturated carbocycles. The van der Waals surface area contributed by atoms with Gasteiger partial charge < -0.3 is 19.1 Å². The number of likely N-dealkylation sites (tertiary alicyclic amines) is 2. The first-order valence-corrected chi connectivity index (χ1v) is 19.1. The van der Waals surface area contributed by atoms with E-state index in [1.54, 1.807) is 12.4 Å². The maximum atomic E-state index is 12.5. The number of aromatic nitrogens is 4. The van der Waals surface area contributed by atoms with Crippen LogP contribution < -0.4 is 4.74 Å². The Morgan fingerprint density at radius 2 is 1.80 bits per heavy atom. The minimum atomic E-state index is -0.619. The zero-order valence-electron chi connectivity index (χ0n) is 27.0. The molecule has 45 heavy (non-hydrogen) atoms. The topological polar surface area (TPSA) is 94.8 Å². The van der Waals surface area contributed by atoms with Crippen LogP contribution in [-0.2, 0) is 22.7 Å². The molecule has 3 aromatic heterocycles. The van der Waals surface area contributed by atoms with Crippen LogP contribution in [0.2, 0.25) is 19.1 Å². The number of hydrogen-bond acceptors (Lipinski definition) is 8. The second-order valence-corrected chi connectivity index (χ2v) is 17.0. The van der Waals surface area contributed by atoms with Gasteiger partial charge in [0.25, 0.3) is 0 Å². The minimum absolute atomic E-state index is 0.196. The molecule has 2 aliphatic heterocycles. The van der Waals surface area contributed by atoms with Crippen molar-refractivity contribution in [3.8, 4) is 22.9 Å². The summed E-state index contributed by atoms with van der Waals surface area (Å²) in [5.41, 5.74) is 3.43. The average molecular weight is 629 g/mol. The zero-order chi connectivity index (χ0) is 31.6. The summed E-state index contributed by atoms with van der Waals surface area (Å²) in [7, 11) is -0.619. The van der Waals surface area contributed by atoms with E-state index >= 15 is 0 Å². The summed E-state index contributed by atoms with van der Waals surface area (Å²) in [6, 6.07) is 17.1. The molecule has 2 atom stereocenters. The molecular formula is C34H44N6O4Si. The second-order valence-electron chi connectivity index (χ2n) is 13.7. The minimum Gasteiger partial charge on any atom is -0.444 e. The molecular weight excluding hydrogens is 584 g/mol. The van der Waals surface area contributed by atoms with Crippen LogP contribution >= 0.6 is 0 Å². The van der Waals surface area contributed by atoms with Crippen molar-refractivity contribution >= 4 is 25.8 Å². The number of carbonyl (C=O) groups excluding carboxylic acids is 1. The third kappa shape index (κ3) is 7.89. The van der Waals surface area contributed by atoms with Crippen LogP contribution in [0, 0.1) is 11.8 Å². The standard InChI is InChI=1S/C34H44N6O4Si/c1-34(2,3)44-33(41)39-20-26-18-38(19-27(26)21-39)22-28-8-6-24-16-29(9-10-30(24)37-28)43-32-11-7-25(17-35-32)31-12-13-36-40(31)23-42-14-15-45(4)5/h6-13,16-17,26-27,45H,14-15,18-23H2,1-5H3. The molecule has 6 rings (SSSR count). The van der Waals surface area contributed by atoms with Gasteiger partial charge in [0.15, 0.2) is 0 Å². The molecule has 11 heteroatoms. The van der Waals surface area contributed by atoms with Gasteiger partial charge in [0.05, 0.1) is 16.9 Å². The summed E-state index contributed by atoms with van der Waals surface area (Å²) < 4.78 is 19.4. The number of rotatable bonds is 10. The molecule has 2 unspecified atom stereocenters. The van der Waals surface area contributed by atoms with Gasteiger partial charge in [-0.1, -0.05) is 19.2 Å². The van der Waals surface area contributed by atoms with Gasteiger partial charge >= 0.3 is 6.09 Å². The van der Waals surface area contributed by atoms with E-state index in [0.717, 1.165) is 73.2 Å². The number of fused-ring (bicyclic) bond motifs is 2. The first-order valence-electron chi connectivity index (χ1n) is 15.9. The lowest BCUT2D eigenvalue weighted by Crippen LogP contribution is -2.37. The fourth-order valence-electron chi connectivity index (χ4n) is 6.09. The maximum absolute atomic E-state index is 12.5. The van der Waals surface area contributed by atoms with Crippen LogP contribution in [0.4, 0.5) is 4.79 Å². The van der Waals surface area contributed by atoms with Gasteiger partial charge in [0.2, 0.25) is 5.88 Å². The van der Waals surface area contributed by atoms with Crippen LogP contribution in [0.1, 0.15) is 26.5 Å². The molecule has 2 fully saturated rings. The van der Waals surface area contributed by atoms with E-state index in [0.29, 0.717) is 30.2 Å². The second kappa shape index (κ2) is 13.3. The predicted molar refractivity (Wildman–Crippen MR) is 177 cm³/mol. The Balaban J connectivity index is 1.02. The van der Waals surface area contributed by atoms with Crippen LogP contribution in [-0.4, -0.2) is 82.8 Å². The molecule has 238 valence electrons. The third-order valence-electron chi connectivity index (χ3n) is 8.34. The van der Waals surface area contributed by atoms with E-state index in [9.17, 15) is 4.79 Å². The van der Waals surface area contributed by atoms with Gasteiger partial charge in [-0.05, 0) is 75.0 Å². The van der Waals surface area contributed by atoms with Crippen molar-refractivity contribution in [2.45, 2.75) is 58.8 Å². The lowest BCUT2D eigenvalue weighted by molar-refractivity contribution is 0.0274. The predicted octanol–water partition coefficient (Wildman–Crippen LogP) is 6.05. The first-order chi connectivity index (χ1) is 21.6. The number of hydrogen-bond donors (Lipinski definition) is 0. The fourth-order valence-corrected chi connectivity index (χ4v) is 6.72. The average Bonchev–Trinajstić information content (AvgIpc) is 3.70.